The van der Waals surface area contributed by atoms with E-state index >= 15 is 0 Å². The normalized spacial score (nSPS) is 11.2. The van der Waals surface area contributed by atoms with Crippen molar-refractivity contribution in [1.82, 2.24) is 0 Å². The number of urea groups is 2. The highest BCUT2D eigenvalue weighted by atomic mass is 32.2. The van der Waals surface area contributed by atoms with Crippen molar-refractivity contribution in [3.8, 4) is 11.5 Å². The lowest BCUT2D eigenvalue weighted by Gasteiger charge is -2.13. The number of rotatable bonds is 10. The van der Waals surface area contributed by atoms with Gasteiger partial charge in [0.2, 0.25) is 0 Å². The predicted octanol–water partition coefficient (Wildman–Crippen LogP) is 7.44. The van der Waals surface area contributed by atoms with Gasteiger partial charge in [0.1, 0.15) is 21.3 Å². The molecule has 0 radical (unpaired) electrons. The Morgan fingerprint density at radius 2 is 0.898 bits per heavy atom. The first kappa shape index (κ1) is 34.5. The number of amides is 4. The van der Waals surface area contributed by atoms with Crippen LogP contribution in [-0.2, 0) is 20.2 Å². The second-order valence-electron chi connectivity index (χ2n) is 10.9. The lowest BCUT2D eigenvalue weighted by Crippen LogP contribution is -2.21. The number of hydrogen-bond acceptors (Lipinski definition) is 8. The third kappa shape index (κ3) is 9.37. The molecule has 0 saturated heterocycles. The number of aryl methyl sites for hydroxylation is 3. The standard InChI is InChI=1S/C35H32N4O8S2/c1-23-6-4-8-31(20-23)48(42,43)46-29-16-12-26(13-17-29)36-34(40)38-28-11-10-25(3)33(22-28)39-35(41)37-27-14-18-30(19-15-27)47-49(44,45)32-9-5-7-24(2)21-32/h4-22H,1-3H3,(H2,36,38,40)(H2,37,39,41). The fraction of sp³-hybridized carbons (Fsp3) is 0.0857. The van der Waals surface area contributed by atoms with Crippen molar-refractivity contribution in [1.29, 1.82) is 0 Å². The lowest BCUT2D eigenvalue weighted by molar-refractivity contribution is 0.261. The Balaban J connectivity index is 1.14. The van der Waals surface area contributed by atoms with Crippen molar-refractivity contribution in [2.75, 3.05) is 21.3 Å². The molecular weight excluding hydrogens is 669 g/mol. The largest absolute Gasteiger partial charge is 0.379 e. The van der Waals surface area contributed by atoms with Crippen molar-refractivity contribution >= 4 is 55.0 Å². The van der Waals surface area contributed by atoms with Gasteiger partial charge in [-0.3, -0.25) is 0 Å². The van der Waals surface area contributed by atoms with Gasteiger partial charge < -0.3 is 29.6 Å². The van der Waals surface area contributed by atoms with Crippen LogP contribution < -0.4 is 29.6 Å². The molecule has 49 heavy (non-hydrogen) atoms. The number of anilines is 4. The molecule has 0 unspecified atom stereocenters. The summed E-state index contributed by atoms with van der Waals surface area (Å²) in [5, 5.41) is 10.7. The molecule has 5 rings (SSSR count). The minimum absolute atomic E-state index is 0.0343. The molecule has 0 aliphatic carbocycles. The monoisotopic (exact) mass is 700 g/mol. The number of carbonyl (C=O) groups is 2. The van der Waals surface area contributed by atoms with Crippen LogP contribution in [0.5, 0.6) is 11.5 Å². The summed E-state index contributed by atoms with van der Waals surface area (Å²) in [4.78, 5) is 25.5. The molecule has 4 N–H and O–H groups in total. The number of benzene rings is 5. The van der Waals surface area contributed by atoms with Crippen molar-refractivity contribution in [3.05, 3.63) is 132 Å². The first-order valence-electron chi connectivity index (χ1n) is 14.7. The number of nitrogens with one attached hydrogen (secondary N) is 4. The van der Waals surface area contributed by atoms with Crippen LogP contribution in [0.4, 0.5) is 32.3 Å². The second kappa shape index (κ2) is 14.5. The third-order valence-corrected chi connectivity index (χ3v) is 9.42. The van der Waals surface area contributed by atoms with Gasteiger partial charge in [-0.15, -0.1) is 0 Å². The smallest absolute Gasteiger partial charge is 0.339 e. The van der Waals surface area contributed by atoms with Crippen LogP contribution in [0, 0.1) is 20.8 Å². The molecule has 4 amide bonds. The van der Waals surface area contributed by atoms with Gasteiger partial charge in [0, 0.05) is 22.7 Å². The van der Waals surface area contributed by atoms with E-state index in [0.717, 1.165) is 16.7 Å². The van der Waals surface area contributed by atoms with E-state index in [9.17, 15) is 26.4 Å². The molecule has 0 saturated carbocycles. The van der Waals surface area contributed by atoms with Gasteiger partial charge in [-0.05, 0) is 122 Å². The topological polar surface area (TPSA) is 169 Å². The van der Waals surface area contributed by atoms with Gasteiger partial charge in [-0.25, -0.2) is 9.59 Å². The maximum atomic E-state index is 12.8. The van der Waals surface area contributed by atoms with Crippen LogP contribution in [0.15, 0.2) is 125 Å². The van der Waals surface area contributed by atoms with Crippen LogP contribution in [-0.4, -0.2) is 28.9 Å². The maximum Gasteiger partial charge on any atom is 0.339 e. The molecule has 0 aliphatic heterocycles. The Morgan fingerprint density at radius 3 is 1.35 bits per heavy atom. The molecule has 0 fully saturated rings. The molecule has 5 aromatic rings. The van der Waals surface area contributed by atoms with E-state index in [1.54, 1.807) is 63.2 Å². The van der Waals surface area contributed by atoms with Gasteiger partial charge in [-0.1, -0.05) is 30.3 Å². The van der Waals surface area contributed by atoms with Crippen LogP contribution in [0.25, 0.3) is 0 Å². The number of carbonyl (C=O) groups excluding carboxylic acids is 2. The van der Waals surface area contributed by atoms with Gasteiger partial charge in [0.05, 0.1) is 0 Å². The highest BCUT2D eigenvalue weighted by Crippen LogP contribution is 2.25. The molecular formula is C35H32N4O8S2. The van der Waals surface area contributed by atoms with E-state index in [0.29, 0.717) is 22.7 Å². The third-order valence-electron chi connectivity index (χ3n) is 6.94. The summed E-state index contributed by atoms with van der Waals surface area (Å²) in [6, 6.07) is 28.2. The molecule has 12 nitrogen and oxygen atoms in total. The molecule has 252 valence electrons. The van der Waals surface area contributed by atoms with Crippen molar-refractivity contribution in [2.45, 2.75) is 30.6 Å². The van der Waals surface area contributed by atoms with Crippen LogP contribution in [0.1, 0.15) is 16.7 Å². The van der Waals surface area contributed by atoms with Crippen molar-refractivity contribution in [2.24, 2.45) is 0 Å². The molecule has 0 bridgehead atoms. The van der Waals surface area contributed by atoms with Crippen LogP contribution in [0.2, 0.25) is 0 Å². The van der Waals surface area contributed by atoms with E-state index < -0.39 is 32.3 Å². The van der Waals surface area contributed by atoms with E-state index in [-0.39, 0.29) is 21.3 Å². The average Bonchev–Trinajstić information content (AvgIpc) is 3.04. The van der Waals surface area contributed by atoms with Crippen LogP contribution >= 0.6 is 0 Å². The van der Waals surface area contributed by atoms with Crippen LogP contribution in [0.3, 0.4) is 0 Å². The zero-order valence-corrected chi connectivity index (χ0v) is 28.2. The molecule has 5 aromatic carbocycles. The maximum absolute atomic E-state index is 12.8. The fourth-order valence-electron chi connectivity index (χ4n) is 4.49. The zero-order chi connectivity index (χ0) is 35.2. The quantitative estimate of drug-likeness (QED) is 0.109. The van der Waals surface area contributed by atoms with Crippen molar-refractivity contribution < 1.29 is 34.8 Å². The highest BCUT2D eigenvalue weighted by molar-refractivity contribution is 7.87. The predicted molar refractivity (Wildman–Crippen MR) is 187 cm³/mol. The minimum Gasteiger partial charge on any atom is -0.379 e. The summed E-state index contributed by atoms with van der Waals surface area (Å²) in [5.41, 5.74) is 3.86. The fourth-order valence-corrected chi connectivity index (χ4v) is 6.56. The number of hydrogen-bond donors (Lipinski definition) is 4. The zero-order valence-electron chi connectivity index (χ0n) is 26.6. The Hall–Kier alpha value is -5.86. The lowest BCUT2D eigenvalue weighted by atomic mass is 10.2. The van der Waals surface area contributed by atoms with E-state index in [4.69, 9.17) is 8.37 Å². The molecule has 0 aliphatic rings. The molecule has 0 aromatic heterocycles. The Labute approximate surface area is 284 Å². The molecule has 14 heteroatoms. The van der Waals surface area contributed by atoms with Gasteiger partial charge in [0.15, 0.2) is 0 Å². The Bertz CT molecular complexity index is 2220. The Morgan fingerprint density at radius 1 is 0.490 bits per heavy atom. The molecule has 0 spiro atoms. The van der Waals surface area contributed by atoms with Gasteiger partial charge in [-0.2, -0.15) is 16.8 Å². The van der Waals surface area contributed by atoms with Crippen molar-refractivity contribution in [3.63, 3.8) is 0 Å². The van der Waals surface area contributed by atoms with E-state index in [1.807, 2.05) is 0 Å². The highest BCUT2D eigenvalue weighted by Gasteiger charge is 2.18. The van der Waals surface area contributed by atoms with Gasteiger partial charge in [0.25, 0.3) is 0 Å². The minimum atomic E-state index is -4.02. The summed E-state index contributed by atoms with van der Waals surface area (Å²) in [5.74, 6) is 0.158. The van der Waals surface area contributed by atoms with Gasteiger partial charge >= 0.3 is 32.3 Å². The summed E-state index contributed by atoms with van der Waals surface area (Å²) in [6.45, 7) is 5.34. The molecule has 0 atom stereocenters. The summed E-state index contributed by atoms with van der Waals surface area (Å²) in [6.07, 6.45) is 0. The second-order valence-corrected chi connectivity index (χ2v) is 14.0. The first-order valence-corrected chi connectivity index (χ1v) is 17.6. The summed E-state index contributed by atoms with van der Waals surface area (Å²) in [7, 11) is -8.05. The van der Waals surface area contributed by atoms with E-state index in [2.05, 4.69) is 21.3 Å². The first-order chi connectivity index (χ1) is 23.3. The summed E-state index contributed by atoms with van der Waals surface area (Å²) >= 11 is 0. The summed E-state index contributed by atoms with van der Waals surface area (Å²) < 4.78 is 60.7. The SMILES string of the molecule is Cc1cccc(S(=O)(=O)Oc2ccc(NC(=O)Nc3ccc(C)c(NC(=O)Nc4ccc(OS(=O)(=O)c5cccc(C)c5)cc4)c3)cc2)c1. The average molecular weight is 701 g/mol. The Kier molecular flexibility index (Phi) is 10.2. The van der Waals surface area contributed by atoms with E-state index in [1.165, 1.54) is 72.8 Å². The molecule has 0 heterocycles.